The number of hydrogen-bond donors (Lipinski definition) is 2. The molecule has 1 aromatic heterocycles. The topological polar surface area (TPSA) is 71.7 Å². The lowest BCUT2D eigenvalue weighted by atomic mass is 10.1. The zero-order chi connectivity index (χ0) is 17.2. The summed E-state index contributed by atoms with van der Waals surface area (Å²) in [6, 6.07) is 10.5. The van der Waals surface area contributed by atoms with Gasteiger partial charge in [-0.25, -0.2) is 4.79 Å². The molecule has 0 atom stereocenters. The molecule has 0 unspecified atom stereocenters. The zero-order valence-corrected chi connectivity index (χ0v) is 15.3. The third-order valence-electron chi connectivity index (χ3n) is 3.64. The molecule has 1 aromatic carbocycles. The van der Waals surface area contributed by atoms with E-state index in [1.54, 1.807) is 18.2 Å². The van der Waals surface area contributed by atoms with Gasteiger partial charge in [0, 0.05) is 18.8 Å². The van der Waals surface area contributed by atoms with Gasteiger partial charge >= 0.3 is 5.97 Å². The van der Waals surface area contributed by atoms with Gasteiger partial charge in [0.25, 0.3) is 0 Å². The smallest absolute Gasteiger partial charge is 0.335 e. The monoisotopic (exact) mass is 367 g/mol. The summed E-state index contributed by atoms with van der Waals surface area (Å²) in [7, 11) is 0. The summed E-state index contributed by atoms with van der Waals surface area (Å²) in [6.45, 7) is 5.29. The maximum absolute atomic E-state index is 11.0. The highest BCUT2D eigenvalue weighted by Crippen LogP contribution is 2.23. The van der Waals surface area contributed by atoms with Gasteiger partial charge in [-0.05, 0) is 43.7 Å². The van der Waals surface area contributed by atoms with Crippen LogP contribution in [-0.2, 0) is 11.3 Å². The number of furan rings is 1. The van der Waals surface area contributed by atoms with Crippen LogP contribution in [0.1, 0.15) is 42.3 Å². The molecule has 0 saturated heterocycles. The molecule has 0 bridgehead atoms. The molecule has 1 heterocycles. The van der Waals surface area contributed by atoms with Gasteiger partial charge in [0.2, 0.25) is 0 Å². The van der Waals surface area contributed by atoms with E-state index in [1.165, 1.54) is 0 Å². The predicted octanol–water partition coefficient (Wildman–Crippen LogP) is 4.36. The van der Waals surface area contributed by atoms with E-state index in [1.807, 2.05) is 18.2 Å². The number of benzene rings is 1. The number of halogens is 1. The van der Waals surface area contributed by atoms with Crippen LogP contribution in [0.3, 0.4) is 0 Å². The number of aromatic carboxylic acids is 1. The fourth-order valence-electron chi connectivity index (χ4n) is 2.29. The van der Waals surface area contributed by atoms with Crippen molar-refractivity contribution in [3.05, 3.63) is 47.7 Å². The minimum Gasteiger partial charge on any atom is -0.478 e. The summed E-state index contributed by atoms with van der Waals surface area (Å²) in [5.41, 5.74) is 1.03. The number of unbranched alkanes of at least 4 members (excludes halogenated alkanes) is 1. The lowest BCUT2D eigenvalue weighted by molar-refractivity contribution is 0.0697. The highest BCUT2D eigenvalue weighted by Gasteiger charge is 2.08. The van der Waals surface area contributed by atoms with Gasteiger partial charge in [0.05, 0.1) is 12.1 Å². The predicted molar refractivity (Wildman–Crippen MR) is 100 cm³/mol. The van der Waals surface area contributed by atoms with Crippen LogP contribution >= 0.6 is 12.4 Å². The minimum atomic E-state index is -0.938. The fraction of sp³-hybridized carbons (Fsp3) is 0.421. The highest BCUT2D eigenvalue weighted by atomic mass is 35.5. The van der Waals surface area contributed by atoms with Crippen LogP contribution in [0.4, 0.5) is 0 Å². The number of carbonyl (C=O) groups is 1. The minimum absolute atomic E-state index is 0. The average molecular weight is 368 g/mol. The van der Waals surface area contributed by atoms with E-state index < -0.39 is 5.97 Å². The van der Waals surface area contributed by atoms with E-state index in [-0.39, 0.29) is 18.0 Å². The molecule has 6 heteroatoms. The Hall–Kier alpha value is -1.82. The third-order valence-corrected chi connectivity index (χ3v) is 3.64. The van der Waals surface area contributed by atoms with Gasteiger partial charge in [-0.1, -0.05) is 25.5 Å². The summed E-state index contributed by atoms with van der Waals surface area (Å²) in [5.74, 6) is 0.571. The Bertz CT molecular complexity index is 642. The van der Waals surface area contributed by atoms with Crippen molar-refractivity contribution in [2.24, 2.45) is 0 Å². The van der Waals surface area contributed by atoms with Crippen molar-refractivity contribution in [1.29, 1.82) is 0 Å². The number of ether oxygens (including phenoxy) is 1. The largest absolute Gasteiger partial charge is 0.478 e. The Kier molecular flexibility index (Phi) is 9.92. The second kappa shape index (κ2) is 11.7. The van der Waals surface area contributed by atoms with Crippen molar-refractivity contribution in [3.63, 3.8) is 0 Å². The van der Waals surface area contributed by atoms with E-state index in [0.717, 1.165) is 50.3 Å². The first-order valence-corrected chi connectivity index (χ1v) is 8.41. The molecule has 2 N–H and O–H groups in total. The number of hydrogen-bond acceptors (Lipinski definition) is 4. The fourth-order valence-corrected chi connectivity index (χ4v) is 2.29. The Morgan fingerprint density at radius 1 is 1.20 bits per heavy atom. The maximum Gasteiger partial charge on any atom is 0.335 e. The Morgan fingerprint density at radius 2 is 2.00 bits per heavy atom. The molecule has 2 aromatic rings. The standard InChI is InChI=1S/C19H25NO4.ClH/c1-2-3-11-23-12-5-10-20-14-17-8-9-18(24-17)15-6-4-7-16(13-15)19(21)22;/h4,6-9,13,20H,2-3,5,10-12,14H2,1H3,(H,21,22);1H. The van der Waals surface area contributed by atoms with Crippen LogP contribution in [-0.4, -0.2) is 30.8 Å². The van der Waals surface area contributed by atoms with Gasteiger partial charge in [-0.2, -0.15) is 0 Å². The number of carboxylic acid groups (broad SMARTS) is 1. The van der Waals surface area contributed by atoms with Gasteiger partial charge in [0.15, 0.2) is 0 Å². The summed E-state index contributed by atoms with van der Waals surface area (Å²) in [6.07, 6.45) is 3.25. The quantitative estimate of drug-likeness (QED) is 0.577. The molecule has 0 aliphatic rings. The Labute approximate surface area is 154 Å². The molecule has 0 aliphatic heterocycles. The van der Waals surface area contributed by atoms with E-state index in [9.17, 15) is 4.79 Å². The van der Waals surface area contributed by atoms with Crippen LogP contribution in [0.5, 0.6) is 0 Å². The van der Waals surface area contributed by atoms with Crippen molar-refractivity contribution >= 4 is 18.4 Å². The lowest BCUT2D eigenvalue weighted by Crippen LogP contribution is -2.16. The lowest BCUT2D eigenvalue weighted by Gasteiger charge is -2.04. The second-order valence-electron chi connectivity index (χ2n) is 5.65. The summed E-state index contributed by atoms with van der Waals surface area (Å²) in [5, 5.41) is 12.4. The molecule has 0 spiro atoms. The molecule has 5 nitrogen and oxygen atoms in total. The van der Waals surface area contributed by atoms with Crippen LogP contribution in [0.25, 0.3) is 11.3 Å². The van der Waals surface area contributed by atoms with Crippen molar-refractivity contribution < 1.29 is 19.1 Å². The second-order valence-corrected chi connectivity index (χ2v) is 5.65. The van der Waals surface area contributed by atoms with E-state index in [4.69, 9.17) is 14.3 Å². The van der Waals surface area contributed by atoms with E-state index >= 15 is 0 Å². The van der Waals surface area contributed by atoms with Crippen molar-refractivity contribution in [2.75, 3.05) is 19.8 Å². The Balaban J connectivity index is 0.00000312. The van der Waals surface area contributed by atoms with Crippen molar-refractivity contribution in [2.45, 2.75) is 32.7 Å². The van der Waals surface area contributed by atoms with Gasteiger partial charge < -0.3 is 19.6 Å². The molecule has 0 fully saturated rings. The van der Waals surface area contributed by atoms with Crippen LogP contribution in [0, 0.1) is 0 Å². The summed E-state index contributed by atoms with van der Waals surface area (Å²) in [4.78, 5) is 11.0. The molecule has 2 rings (SSSR count). The van der Waals surface area contributed by atoms with Crippen molar-refractivity contribution in [1.82, 2.24) is 5.32 Å². The first-order valence-electron chi connectivity index (χ1n) is 8.41. The Morgan fingerprint density at radius 3 is 2.76 bits per heavy atom. The average Bonchev–Trinajstić information content (AvgIpc) is 3.06. The van der Waals surface area contributed by atoms with Crippen LogP contribution < -0.4 is 5.32 Å². The number of nitrogens with one attached hydrogen (secondary N) is 1. The first kappa shape index (κ1) is 21.2. The molecular weight excluding hydrogens is 342 g/mol. The van der Waals surface area contributed by atoms with Crippen LogP contribution in [0.2, 0.25) is 0 Å². The SMILES string of the molecule is CCCCOCCCNCc1ccc(-c2cccc(C(=O)O)c2)o1.Cl. The molecular formula is C19H26ClNO4. The maximum atomic E-state index is 11.0. The number of carboxylic acids is 1. The summed E-state index contributed by atoms with van der Waals surface area (Å²) < 4.78 is 11.3. The summed E-state index contributed by atoms with van der Waals surface area (Å²) >= 11 is 0. The number of rotatable bonds is 11. The van der Waals surface area contributed by atoms with E-state index in [2.05, 4.69) is 12.2 Å². The third kappa shape index (κ3) is 7.30. The highest BCUT2D eigenvalue weighted by molar-refractivity contribution is 5.89. The molecule has 0 aliphatic carbocycles. The zero-order valence-electron chi connectivity index (χ0n) is 14.5. The molecule has 0 radical (unpaired) electrons. The van der Waals surface area contributed by atoms with Gasteiger partial charge in [0.1, 0.15) is 11.5 Å². The van der Waals surface area contributed by atoms with Crippen molar-refractivity contribution in [3.8, 4) is 11.3 Å². The molecule has 25 heavy (non-hydrogen) atoms. The van der Waals surface area contributed by atoms with Crippen LogP contribution in [0.15, 0.2) is 40.8 Å². The molecule has 0 saturated carbocycles. The van der Waals surface area contributed by atoms with Gasteiger partial charge in [-0.15, -0.1) is 12.4 Å². The molecule has 0 amide bonds. The van der Waals surface area contributed by atoms with Gasteiger partial charge in [-0.3, -0.25) is 0 Å². The normalized spacial score (nSPS) is 10.4. The van der Waals surface area contributed by atoms with E-state index in [0.29, 0.717) is 12.3 Å². The molecule has 138 valence electrons. The first-order chi connectivity index (χ1) is 11.7.